The van der Waals surface area contributed by atoms with Crippen LogP contribution < -0.4 is 5.32 Å². The van der Waals surface area contributed by atoms with E-state index in [1.54, 1.807) is 6.92 Å². The maximum atomic E-state index is 11.5. The first-order valence-corrected chi connectivity index (χ1v) is 5.73. The van der Waals surface area contributed by atoms with Gasteiger partial charge in [0, 0.05) is 13.1 Å². The Morgan fingerprint density at radius 3 is 2.41 bits per heavy atom. The molecule has 1 atom stereocenters. The Morgan fingerprint density at radius 2 is 2.00 bits per heavy atom. The Labute approximate surface area is 99.0 Å². The van der Waals surface area contributed by atoms with Gasteiger partial charge in [-0.2, -0.15) is 0 Å². The van der Waals surface area contributed by atoms with E-state index in [4.69, 9.17) is 5.11 Å². The number of imide groups is 1. The largest absolute Gasteiger partial charge is 0.481 e. The van der Waals surface area contributed by atoms with Gasteiger partial charge in [-0.15, -0.1) is 0 Å². The van der Waals surface area contributed by atoms with Crippen molar-refractivity contribution in [3.05, 3.63) is 0 Å². The summed E-state index contributed by atoms with van der Waals surface area (Å²) in [5.74, 6) is -1.29. The number of likely N-dealkylation sites (tertiary alicyclic amines) is 1. The minimum Gasteiger partial charge on any atom is -0.481 e. The van der Waals surface area contributed by atoms with Crippen molar-refractivity contribution in [1.29, 1.82) is 0 Å². The van der Waals surface area contributed by atoms with Crippen molar-refractivity contribution in [2.45, 2.75) is 32.2 Å². The summed E-state index contributed by atoms with van der Waals surface area (Å²) < 4.78 is 0. The highest BCUT2D eigenvalue weighted by molar-refractivity contribution is 6.05. The average molecular weight is 240 g/mol. The molecule has 0 aromatic heterocycles. The van der Waals surface area contributed by atoms with E-state index < -0.39 is 17.4 Å². The maximum absolute atomic E-state index is 11.5. The van der Waals surface area contributed by atoms with Gasteiger partial charge >= 0.3 is 5.97 Å². The predicted octanol–water partition coefficient (Wildman–Crippen LogP) is -0.412. The number of amides is 2. The van der Waals surface area contributed by atoms with E-state index in [2.05, 4.69) is 5.32 Å². The molecule has 0 aromatic rings. The molecule has 17 heavy (non-hydrogen) atoms. The van der Waals surface area contributed by atoms with Crippen molar-refractivity contribution in [2.24, 2.45) is 5.41 Å². The lowest BCUT2D eigenvalue weighted by molar-refractivity contribution is -0.151. The second-order valence-electron chi connectivity index (χ2n) is 5.03. The van der Waals surface area contributed by atoms with Crippen LogP contribution in [0.3, 0.4) is 0 Å². The van der Waals surface area contributed by atoms with Gasteiger partial charge in [-0.1, -0.05) is 0 Å². The van der Waals surface area contributed by atoms with Crippen molar-refractivity contribution < 1.29 is 19.5 Å². The average Bonchev–Trinajstić information content (AvgIpc) is 2.59. The second-order valence-corrected chi connectivity index (χ2v) is 5.03. The summed E-state index contributed by atoms with van der Waals surface area (Å²) in [6, 6.07) is -0.402. The molecule has 0 bridgehead atoms. The van der Waals surface area contributed by atoms with Crippen molar-refractivity contribution >= 4 is 17.8 Å². The third-order valence-corrected chi connectivity index (χ3v) is 3.80. The van der Waals surface area contributed by atoms with Gasteiger partial charge in [-0.25, -0.2) is 0 Å². The second kappa shape index (κ2) is 4.10. The van der Waals surface area contributed by atoms with Crippen LogP contribution in [0, 0.1) is 5.41 Å². The summed E-state index contributed by atoms with van der Waals surface area (Å²) in [4.78, 5) is 35.6. The number of rotatable bonds is 2. The molecule has 6 heteroatoms. The van der Waals surface area contributed by atoms with Crippen molar-refractivity contribution in [3.8, 4) is 0 Å². The molecule has 0 aliphatic carbocycles. The number of carbonyl (C=O) groups excluding carboxylic acids is 2. The number of nitrogens with zero attached hydrogens (tertiary/aromatic N) is 1. The Balaban J connectivity index is 1.98. The van der Waals surface area contributed by atoms with E-state index >= 15 is 0 Å². The first-order chi connectivity index (χ1) is 7.92. The number of piperidine rings is 1. The van der Waals surface area contributed by atoms with Crippen LogP contribution >= 0.6 is 0 Å². The van der Waals surface area contributed by atoms with Gasteiger partial charge in [0.05, 0.1) is 17.9 Å². The molecule has 0 saturated carbocycles. The summed E-state index contributed by atoms with van der Waals surface area (Å²) in [5.41, 5.74) is -0.699. The van der Waals surface area contributed by atoms with Gasteiger partial charge in [-0.05, 0) is 19.8 Å². The van der Waals surface area contributed by atoms with E-state index in [1.807, 2.05) is 4.90 Å². The van der Waals surface area contributed by atoms with Gasteiger partial charge in [0.2, 0.25) is 11.8 Å². The van der Waals surface area contributed by atoms with Crippen LogP contribution in [0.15, 0.2) is 0 Å². The van der Waals surface area contributed by atoms with Gasteiger partial charge in [-0.3, -0.25) is 24.6 Å². The monoisotopic (exact) mass is 240 g/mol. The Bertz CT molecular complexity index is 372. The first-order valence-electron chi connectivity index (χ1n) is 5.73. The molecule has 2 aliphatic heterocycles. The zero-order chi connectivity index (χ0) is 12.6. The van der Waals surface area contributed by atoms with E-state index in [9.17, 15) is 14.4 Å². The van der Waals surface area contributed by atoms with E-state index in [0.717, 1.165) is 0 Å². The molecule has 0 aromatic carbocycles. The minimum atomic E-state index is -0.788. The van der Waals surface area contributed by atoms with Crippen LogP contribution in [-0.4, -0.2) is 46.9 Å². The van der Waals surface area contributed by atoms with Gasteiger partial charge in [0.1, 0.15) is 0 Å². The third kappa shape index (κ3) is 2.17. The number of hydrogen-bond acceptors (Lipinski definition) is 4. The molecule has 2 heterocycles. The minimum absolute atomic E-state index is 0.197. The number of hydrogen-bond donors (Lipinski definition) is 2. The van der Waals surface area contributed by atoms with Crippen LogP contribution in [0.1, 0.15) is 26.2 Å². The van der Waals surface area contributed by atoms with Gasteiger partial charge in [0.15, 0.2) is 0 Å². The standard InChI is InChI=1S/C11H16N2O4/c1-11(10(16)17)2-4-13(5-3-11)7-6-8(14)12-9(7)15/h7H,2-6H2,1H3,(H,16,17)(H,12,14,15). The van der Waals surface area contributed by atoms with E-state index in [1.165, 1.54) is 0 Å². The zero-order valence-electron chi connectivity index (χ0n) is 9.73. The third-order valence-electron chi connectivity index (χ3n) is 3.80. The van der Waals surface area contributed by atoms with Crippen LogP contribution in [0.2, 0.25) is 0 Å². The SMILES string of the molecule is CC1(C(=O)O)CCN(C2CC(=O)NC2=O)CC1. The molecule has 2 amide bonds. The lowest BCUT2D eigenvalue weighted by Gasteiger charge is -2.38. The lowest BCUT2D eigenvalue weighted by atomic mass is 9.80. The quantitative estimate of drug-likeness (QED) is 0.641. The highest BCUT2D eigenvalue weighted by Gasteiger charge is 2.42. The summed E-state index contributed by atoms with van der Waals surface area (Å²) >= 11 is 0. The fourth-order valence-corrected chi connectivity index (χ4v) is 2.38. The molecule has 2 aliphatic rings. The fourth-order valence-electron chi connectivity index (χ4n) is 2.38. The molecule has 2 fully saturated rings. The van der Waals surface area contributed by atoms with Crippen LogP contribution in [0.25, 0.3) is 0 Å². The van der Waals surface area contributed by atoms with Gasteiger partial charge in [0.25, 0.3) is 0 Å². The molecule has 0 radical (unpaired) electrons. The molecule has 2 saturated heterocycles. The molecular weight excluding hydrogens is 224 g/mol. The Kier molecular flexibility index (Phi) is 2.91. The highest BCUT2D eigenvalue weighted by Crippen LogP contribution is 2.32. The summed E-state index contributed by atoms with van der Waals surface area (Å²) in [6.07, 6.45) is 1.23. The molecular formula is C11H16N2O4. The molecule has 1 unspecified atom stereocenters. The number of carbonyl (C=O) groups is 3. The topological polar surface area (TPSA) is 86.7 Å². The summed E-state index contributed by atoms with van der Waals surface area (Å²) in [6.45, 7) is 2.83. The van der Waals surface area contributed by atoms with Crippen LogP contribution in [0.5, 0.6) is 0 Å². The number of aliphatic carboxylic acids is 1. The zero-order valence-corrected chi connectivity index (χ0v) is 9.73. The van der Waals surface area contributed by atoms with Crippen molar-refractivity contribution in [3.63, 3.8) is 0 Å². The molecule has 6 nitrogen and oxygen atoms in total. The van der Waals surface area contributed by atoms with Crippen molar-refractivity contribution in [1.82, 2.24) is 10.2 Å². The molecule has 2 rings (SSSR count). The van der Waals surface area contributed by atoms with Crippen LogP contribution in [0.4, 0.5) is 0 Å². The molecule has 2 N–H and O–H groups in total. The molecule has 0 spiro atoms. The Morgan fingerprint density at radius 1 is 1.41 bits per heavy atom. The summed E-state index contributed by atoms with van der Waals surface area (Å²) in [7, 11) is 0. The molecule has 94 valence electrons. The van der Waals surface area contributed by atoms with E-state index in [0.29, 0.717) is 25.9 Å². The fraction of sp³-hybridized carbons (Fsp3) is 0.727. The number of carboxylic acid groups (broad SMARTS) is 1. The van der Waals surface area contributed by atoms with Crippen molar-refractivity contribution in [2.75, 3.05) is 13.1 Å². The normalized spacial score (nSPS) is 29.1. The Hall–Kier alpha value is -1.43. The number of nitrogens with one attached hydrogen (secondary N) is 1. The van der Waals surface area contributed by atoms with Crippen LogP contribution in [-0.2, 0) is 14.4 Å². The predicted molar refractivity (Wildman–Crippen MR) is 58.1 cm³/mol. The summed E-state index contributed by atoms with van der Waals surface area (Å²) in [5, 5.41) is 11.4. The first kappa shape index (κ1) is 12.0. The van der Waals surface area contributed by atoms with E-state index in [-0.39, 0.29) is 18.2 Å². The lowest BCUT2D eigenvalue weighted by Crippen LogP contribution is -2.49. The highest BCUT2D eigenvalue weighted by atomic mass is 16.4. The number of carboxylic acids is 1. The maximum Gasteiger partial charge on any atom is 0.309 e. The smallest absolute Gasteiger partial charge is 0.309 e. The van der Waals surface area contributed by atoms with Gasteiger partial charge < -0.3 is 5.11 Å².